The van der Waals surface area contributed by atoms with Gasteiger partial charge in [-0.05, 0) is 48.8 Å². The number of aromatic nitrogens is 2. The van der Waals surface area contributed by atoms with E-state index in [0.717, 1.165) is 23.4 Å². The zero-order valence-corrected chi connectivity index (χ0v) is 12.6. The number of carbonyl (C=O) groups is 1. The van der Waals surface area contributed by atoms with E-state index in [0.29, 0.717) is 17.4 Å². The van der Waals surface area contributed by atoms with Gasteiger partial charge in [0.05, 0.1) is 16.6 Å². The van der Waals surface area contributed by atoms with Crippen molar-refractivity contribution in [3.8, 4) is 0 Å². The topological polar surface area (TPSA) is 55.1 Å². The Kier molecular flexibility index (Phi) is 3.17. The fourth-order valence-corrected chi connectivity index (χ4v) is 4.47. The molecule has 0 spiro atoms. The molecule has 1 atom stereocenters. The predicted octanol–water partition coefficient (Wildman–Crippen LogP) is 3.37. The van der Waals surface area contributed by atoms with Gasteiger partial charge in [0, 0.05) is 12.5 Å². The van der Waals surface area contributed by atoms with Gasteiger partial charge in [0.2, 0.25) is 0 Å². The van der Waals surface area contributed by atoms with E-state index in [4.69, 9.17) is 4.98 Å². The molecule has 1 saturated carbocycles. The Morgan fingerprint density at radius 1 is 1.38 bits per heavy atom. The standard InChI is InChI=1S/C16H18N2O2S/c19-16(20)12-2-1-3-13-14(12)18(8-10-6-7-21-9-10)15(17-13)11-4-5-11/h1-3,10-11H,4-9H2,(H,19,20). The number of imidazole rings is 1. The van der Waals surface area contributed by atoms with E-state index in [1.807, 2.05) is 17.8 Å². The molecular formula is C16H18N2O2S. The zero-order chi connectivity index (χ0) is 14.4. The average molecular weight is 302 g/mol. The molecule has 110 valence electrons. The molecule has 4 nitrogen and oxygen atoms in total. The number of benzene rings is 1. The predicted molar refractivity (Wildman–Crippen MR) is 84.1 cm³/mol. The van der Waals surface area contributed by atoms with Gasteiger partial charge < -0.3 is 9.67 Å². The van der Waals surface area contributed by atoms with Gasteiger partial charge in [0.25, 0.3) is 0 Å². The van der Waals surface area contributed by atoms with Gasteiger partial charge in [-0.3, -0.25) is 0 Å². The zero-order valence-electron chi connectivity index (χ0n) is 11.8. The summed E-state index contributed by atoms with van der Waals surface area (Å²) in [6.45, 7) is 0.916. The molecule has 0 amide bonds. The van der Waals surface area contributed by atoms with Crippen molar-refractivity contribution in [1.29, 1.82) is 0 Å². The van der Waals surface area contributed by atoms with Crippen LogP contribution in [0.25, 0.3) is 11.0 Å². The number of carboxylic acids is 1. The van der Waals surface area contributed by atoms with Crippen LogP contribution in [-0.4, -0.2) is 32.1 Å². The first kappa shape index (κ1) is 13.2. The summed E-state index contributed by atoms with van der Waals surface area (Å²) in [5.41, 5.74) is 2.05. The summed E-state index contributed by atoms with van der Waals surface area (Å²) in [6.07, 6.45) is 3.60. The Bertz CT molecular complexity index is 700. The van der Waals surface area contributed by atoms with Gasteiger partial charge in [-0.25, -0.2) is 9.78 Å². The highest BCUT2D eigenvalue weighted by Crippen LogP contribution is 2.42. The van der Waals surface area contributed by atoms with Crippen LogP contribution in [0, 0.1) is 5.92 Å². The van der Waals surface area contributed by atoms with Crippen molar-refractivity contribution in [2.45, 2.75) is 31.7 Å². The van der Waals surface area contributed by atoms with Crippen LogP contribution in [0.1, 0.15) is 41.4 Å². The first-order valence-electron chi connectivity index (χ1n) is 7.54. The van der Waals surface area contributed by atoms with Crippen molar-refractivity contribution in [1.82, 2.24) is 9.55 Å². The van der Waals surface area contributed by atoms with E-state index in [1.54, 1.807) is 12.1 Å². The van der Waals surface area contributed by atoms with Gasteiger partial charge in [-0.1, -0.05) is 6.07 Å². The molecule has 1 aliphatic heterocycles. The lowest BCUT2D eigenvalue weighted by atomic mass is 10.1. The van der Waals surface area contributed by atoms with Crippen LogP contribution in [0.4, 0.5) is 0 Å². The molecule has 21 heavy (non-hydrogen) atoms. The lowest BCUT2D eigenvalue weighted by molar-refractivity contribution is 0.0698. The van der Waals surface area contributed by atoms with E-state index in [-0.39, 0.29) is 0 Å². The van der Waals surface area contributed by atoms with Crippen molar-refractivity contribution < 1.29 is 9.90 Å². The molecule has 2 fully saturated rings. The monoisotopic (exact) mass is 302 g/mol. The van der Waals surface area contributed by atoms with Crippen molar-refractivity contribution in [2.75, 3.05) is 11.5 Å². The van der Waals surface area contributed by atoms with Crippen LogP contribution in [-0.2, 0) is 6.54 Å². The Hall–Kier alpha value is -1.49. The molecule has 5 heteroatoms. The number of thioether (sulfide) groups is 1. The number of hydrogen-bond donors (Lipinski definition) is 1. The van der Waals surface area contributed by atoms with Crippen LogP contribution >= 0.6 is 11.8 Å². The molecule has 1 aromatic heterocycles. The summed E-state index contributed by atoms with van der Waals surface area (Å²) in [4.78, 5) is 16.3. The smallest absolute Gasteiger partial charge is 0.337 e. The van der Waals surface area contributed by atoms with Crippen LogP contribution in [0.2, 0.25) is 0 Å². The molecule has 0 bridgehead atoms. The maximum atomic E-state index is 11.6. The minimum Gasteiger partial charge on any atom is -0.478 e. The van der Waals surface area contributed by atoms with Crippen molar-refractivity contribution in [2.24, 2.45) is 5.92 Å². The quantitative estimate of drug-likeness (QED) is 0.941. The Balaban J connectivity index is 1.86. The van der Waals surface area contributed by atoms with Crippen molar-refractivity contribution >= 4 is 28.8 Å². The lowest BCUT2D eigenvalue weighted by Crippen LogP contribution is -2.14. The Labute approximate surface area is 127 Å². The van der Waals surface area contributed by atoms with Crippen molar-refractivity contribution in [3.05, 3.63) is 29.6 Å². The lowest BCUT2D eigenvalue weighted by Gasteiger charge is -2.14. The number of nitrogens with zero attached hydrogens (tertiary/aromatic N) is 2. The van der Waals surface area contributed by atoms with Gasteiger partial charge in [-0.15, -0.1) is 0 Å². The van der Waals surface area contributed by atoms with E-state index >= 15 is 0 Å². The van der Waals surface area contributed by atoms with Gasteiger partial charge in [0.15, 0.2) is 0 Å². The highest BCUT2D eigenvalue weighted by atomic mass is 32.2. The number of rotatable bonds is 4. The summed E-state index contributed by atoms with van der Waals surface area (Å²) in [7, 11) is 0. The summed E-state index contributed by atoms with van der Waals surface area (Å²) in [6, 6.07) is 5.43. The van der Waals surface area contributed by atoms with E-state index in [1.165, 1.54) is 30.8 Å². The molecule has 2 heterocycles. The fourth-order valence-electron chi connectivity index (χ4n) is 3.20. The molecule has 4 rings (SSSR count). The van der Waals surface area contributed by atoms with Gasteiger partial charge >= 0.3 is 5.97 Å². The number of carboxylic acid groups (broad SMARTS) is 1. The SMILES string of the molecule is O=C(O)c1cccc2nc(C3CC3)n(CC3CCSC3)c12. The summed E-state index contributed by atoms with van der Waals surface area (Å²) in [5, 5.41) is 9.49. The number of para-hydroxylation sites is 1. The van der Waals surface area contributed by atoms with Crippen molar-refractivity contribution in [3.63, 3.8) is 0 Å². The van der Waals surface area contributed by atoms with E-state index in [9.17, 15) is 9.90 Å². The molecule has 2 aliphatic rings. The second kappa shape index (κ2) is 5.05. The average Bonchev–Trinajstić information content (AvgIpc) is 3.07. The highest BCUT2D eigenvalue weighted by molar-refractivity contribution is 7.99. The van der Waals surface area contributed by atoms with E-state index in [2.05, 4.69) is 4.57 Å². The number of aromatic carboxylic acids is 1. The molecule has 1 aromatic carbocycles. The first-order chi connectivity index (χ1) is 10.2. The van der Waals surface area contributed by atoms with E-state index < -0.39 is 5.97 Å². The third kappa shape index (κ3) is 2.33. The molecule has 0 radical (unpaired) electrons. The molecule has 1 N–H and O–H groups in total. The van der Waals surface area contributed by atoms with Crippen LogP contribution in [0.3, 0.4) is 0 Å². The molecule has 1 saturated heterocycles. The minimum atomic E-state index is -0.857. The van der Waals surface area contributed by atoms with Gasteiger partial charge in [0.1, 0.15) is 5.82 Å². The summed E-state index contributed by atoms with van der Waals surface area (Å²) >= 11 is 2.00. The Morgan fingerprint density at radius 3 is 2.90 bits per heavy atom. The number of hydrogen-bond acceptors (Lipinski definition) is 3. The second-order valence-corrected chi connectivity index (χ2v) is 7.21. The molecule has 1 aliphatic carbocycles. The third-order valence-electron chi connectivity index (χ3n) is 4.43. The maximum Gasteiger partial charge on any atom is 0.337 e. The first-order valence-corrected chi connectivity index (χ1v) is 8.69. The van der Waals surface area contributed by atoms with Crippen LogP contribution in [0.5, 0.6) is 0 Å². The third-order valence-corrected chi connectivity index (χ3v) is 5.67. The number of fused-ring (bicyclic) bond motifs is 1. The summed E-state index contributed by atoms with van der Waals surface area (Å²) in [5.74, 6) is 3.83. The summed E-state index contributed by atoms with van der Waals surface area (Å²) < 4.78 is 2.22. The Morgan fingerprint density at radius 2 is 2.24 bits per heavy atom. The normalized spacial score (nSPS) is 22.0. The van der Waals surface area contributed by atoms with Crippen LogP contribution in [0.15, 0.2) is 18.2 Å². The second-order valence-electron chi connectivity index (χ2n) is 6.06. The minimum absolute atomic E-state index is 0.387. The van der Waals surface area contributed by atoms with Gasteiger partial charge in [-0.2, -0.15) is 11.8 Å². The molecule has 2 aromatic rings. The molecular weight excluding hydrogens is 284 g/mol. The largest absolute Gasteiger partial charge is 0.478 e. The maximum absolute atomic E-state index is 11.6. The molecule has 1 unspecified atom stereocenters. The fraction of sp³-hybridized carbons (Fsp3) is 0.500. The van der Waals surface area contributed by atoms with Crippen LogP contribution < -0.4 is 0 Å². The highest BCUT2D eigenvalue weighted by Gasteiger charge is 2.31.